The Morgan fingerprint density at radius 2 is 2.00 bits per heavy atom. The molecule has 0 fully saturated rings. The number of nitrogens with zero attached hydrogens (tertiary/aromatic N) is 1. The minimum atomic E-state index is 0.473. The largest absolute Gasteiger partial charge is 0.462 e. The summed E-state index contributed by atoms with van der Waals surface area (Å²) in [6.45, 7) is 0. The van der Waals surface area contributed by atoms with Gasteiger partial charge in [-0.15, -0.1) is 0 Å². The Bertz CT molecular complexity index is 545. The quantitative estimate of drug-likeness (QED) is 0.447. The van der Waals surface area contributed by atoms with Gasteiger partial charge in [0.1, 0.15) is 7.11 Å². The molecule has 0 radical (unpaired) electrons. The molecule has 84 valence electrons. The van der Waals surface area contributed by atoms with E-state index in [4.69, 9.17) is 9.25 Å². The molecular formula is C14H11NO2. The molecule has 0 saturated heterocycles. The Morgan fingerprint density at radius 1 is 1.18 bits per heavy atom. The van der Waals surface area contributed by atoms with Gasteiger partial charge in [-0.25, -0.2) is 0 Å². The van der Waals surface area contributed by atoms with Crippen LogP contribution in [0.2, 0.25) is 0 Å². The lowest BCUT2D eigenvalue weighted by molar-refractivity contribution is 0.213. The van der Waals surface area contributed by atoms with Crippen LogP contribution in [0.3, 0.4) is 0 Å². The molecule has 0 spiro atoms. The van der Waals surface area contributed by atoms with Gasteiger partial charge in [-0.05, 0) is 30.2 Å². The third-order valence-corrected chi connectivity index (χ3v) is 2.04. The molecule has 1 aromatic carbocycles. The summed E-state index contributed by atoms with van der Waals surface area (Å²) >= 11 is 0. The fourth-order valence-electron chi connectivity index (χ4n) is 1.29. The number of benzene rings is 1. The highest BCUT2D eigenvalue weighted by atomic mass is 16.6. The average Bonchev–Trinajstić information content (AvgIpc) is 2.89. The van der Waals surface area contributed by atoms with Crippen LogP contribution >= 0.6 is 0 Å². The molecule has 0 unspecified atom stereocenters. The van der Waals surface area contributed by atoms with Crippen molar-refractivity contribution in [2.24, 2.45) is 5.16 Å². The smallest absolute Gasteiger partial charge is 0.195 e. The number of hydrogen-bond donors (Lipinski definition) is 0. The molecule has 2 rings (SSSR count). The van der Waals surface area contributed by atoms with E-state index in [0.29, 0.717) is 11.5 Å². The fourth-order valence-corrected chi connectivity index (χ4v) is 1.29. The maximum atomic E-state index is 5.22. The van der Waals surface area contributed by atoms with Crippen molar-refractivity contribution < 1.29 is 9.25 Å². The van der Waals surface area contributed by atoms with Gasteiger partial charge in [-0.2, -0.15) is 0 Å². The molecule has 1 aromatic heterocycles. The van der Waals surface area contributed by atoms with Gasteiger partial charge in [-0.1, -0.05) is 29.3 Å². The summed E-state index contributed by atoms with van der Waals surface area (Å²) in [5, 5.41) is 3.83. The second-order valence-corrected chi connectivity index (χ2v) is 3.22. The van der Waals surface area contributed by atoms with Crippen LogP contribution in [0.25, 0.3) is 0 Å². The molecule has 0 aliphatic heterocycles. The van der Waals surface area contributed by atoms with Crippen LogP contribution in [0.1, 0.15) is 11.3 Å². The van der Waals surface area contributed by atoms with Gasteiger partial charge in [0.05, 0.1) is 6.26 Å². The first-order chi connectivity index (χ1) is 8.40. The van der Waals surface area contributed by atoms with E-state index in [1.54, 1.807) is 18.4 Å². The van der Waals surface area contributed by atoms with Gasteiger partial charge < -0.3 is 9.25 Å². The topological polar surface area (TPSA) is 34.7 Å². The standard InChI is InChI=1S/C14H11NO2/c1-16-15-13(14-8-5-11-17-14)10-9-12-6-3-2-4-7-12/h2-8,11H,1H3/b15-13+. The van der Waals surface area contributed by atoms with Crippen LogP contribution in [0.15, 0.2) is 58.3 Å². The predicted molar refractivity (Wildman–Crippen MR) is 65.6 cm³/mol. The normalized spacial score (nSPS) is 10.5. The highest BCUT2D eigenvalue weighted by Crippen LogP contribution is 2.03. The van der Waals surface area contributed by atoms with Crippen LogP contribution in [0.4, 0.5) is 0 Å². The van der Waals surface area contributed by atoms with Gasteiger partial charge in [-0.3, -0.25) is 0 Å². The predicted octanol–water partition coefficient (Wildman–Crippen LogP) is 2.68. The van der Waals surface area contributed by atoms with Crippen molar-refractivity contribution in [2.75, 3.05) is 7.11 Å². The first kappa shape index (κ1) is 11.0. The lowest BCUT2D eigenvalue weighted by Crippen LogP contribution is -1.96. The van der Waals surface area contributed by atoms with Crippen molar-refractivity contribution in [3.8, 4) is 11.8 Å². The number of rotatable bonds is 2. The van der Waals surface area contributed by atoms with E-state index in [-0.39, 0.29) is 0 Å². The van der Waals surface area contributed by atoms with Gasteiger partial charge in [0.25, 0.3) is 0 Å². The zero-order chi connectivity index (χ0) is 11.9. The Hall–Kier alpha value is -2.47. The third kappa shape index (κ3) is 2.99. The Balaban J connectivity index is 2.27. The van der Waals surface area contributed by atoms with Crippen molar-refractivity contribution >= 4 is 5.71 Å². The summed E-state index contributed by atoms with van der Waals surface area (Å²) in [4.78, 5) is 4.74. The molecule has 0 amide bonds. The number of furan rings is 1. The molecule has 3 heteroatoms. The first-order valence-electron chi connectivity index (χ1n) is 5.12. The van der Waals surface area contributed by atoms with E-state index in [1.807, 2.05) is 30.3 Å². The van der Waals surface area contributed by atoms with E-state index >= 15 is 0 Å². The lowest BCUT2D eigenvalue weighted by Gasteiger charge is -1.92. The molecule has 0 aliphatic rings. The van der Waals surface area contributed by atoms with Crippen molar-refractivity contribution in [3.63, 3.8) is 0 Å². The van der Waals surface area contributed by atoms with Crippen LogP contribution in [-0.4, -0.2) is 12.8 Å². The van der Waals surface area contributed by atoms with Gasteiger partial charge in [0.2, 0.25) is 0 Å². The van der Waals surface area contributed by atoms with Crippen molar-refractivity contribution in [2.45, 2.75) is 0 Å². The van der Waals surface area contributed by atoms with Gasteiger partial charge in [0, 0.05) is 5.56 Å². The van der Waals surface area contributed by atoms with Crippen LogP contribution in [-0.2, 0) is 4.84 Å². The summed E-state index contributed by atoms with van der Waals surface area (Å²) < 4.78 is 5.22. The minimum Gasteiger partial charge on any atom is -0.462 e. The van der Waals surface area contributed by atoms with E-state index in [9.17, 15) is 0 Å². The molecule has 1 heterocycles. The summed E-state index contributed by atoms with van der Waals surface area (Å²) in [6, 6.07) is 13.2. The molecule has 0 atom stereocenters. The molecule has 2 aromatic rings. The van der Waals surface area contributed by atoms with E-state index in [0.717, 1.165) is 5.56 Å². The second kappa shape index (κ2) is 5.57. The summed E-state index contributed by atoms with van der Waals surface area (Å²) in [7, 11) is 1.48. The zero-order valence-corrected chi connectivity index (χ0v) is 9.38. The monoisotopic (exact) mass is 225 g/mol. The van der Waals surface area contributed by atoms with E-state index < -0.39 is 0 Å². The lowest BCUT2D eigenvalue weighted by atomic mass is 10.2. The summed E-state index contributed by atoms with van der Waals surface area (Å²) in [5.41, 5.74) is 1.39. The van der Waals surface area contributed by atoms with Crippen LogP contribution < -0.4 is 0 Å². The number of hydrogen-bond acceptors (Lipinski definition) is 3. The van der Waals surface area contributed by atoms with E-state index in [2.05, 4.69) is 17.0 Å². The second-order valence-electron chi connectivity index (χ2n) is 3.22. The molecule has 0 N–H and O–H groups in total. The molecule has 0 aliphatic carbocycles. The van der Waals surface area contributed by atoms with Gasteiger partial charge in [0.15, 0.2) is 11.5 Å². The number of oxime groups is 1. The molecule has 17 heavy (non-hydrogen) atoms. The molecule has 0 saturated carbocycles. The molecule has 3 nitrogen and oxygen atoms in total. The molecular weight excluding hydrogens is 214 g/mol. The minimum absolute atomic E-state index is 0.473. The summed E-state index contributed by atoms with van der Waals surface area (Å²) in [5.74, 6) is 6.51. The summed E-state index contributed by atoms with van der Waals surface area (Å²) in [6.07, 6.45) is 1.57. The maximum Gasteiger partial charge on any atom is 0.195 e. The Morgan fingerprint density at radius 3 is 2.65 bits per heavy atom. The van der Waals surface area contributed by atoms with E-state index in [1.165, 1.54) is 7.11 Å². The van der Waals surface area contributed by atoms with Crippen molar-refractivity contribution in [1.29, 1.82) is 0 Å². The average molecular weight is 225 g/mol. The SMILES string of the molecule is CO/N=C(\C#Cc1ccccc1)c1ccco1. The third-order valence-electron chi connectivity index (χ3n) is 2.04. The van der Waals surface area contributed by atoms with Crippen LogP contribution in [0, 0.1) is 11.8 Å². The Kier molecular flexibility index (Phi) is 3.61. The highest BCUT2D eigenvalue weighted by molar-refractivity contribution is 6.11. The fraction of sp³-hybridized carbons (Fsp3) is 0.0714. The highest BCUT2D eigenvalue weighted by Gasteiger charge is 2.03. The maximum absolute atomic E-state index is 5.22. The van der Waals surface area contributed by atoms with Crippen molar-refractivity contribution in [3.05, 3.63) is 60.1 Å². The van der Waals surface area contributed by atoms with Crippen LogP contribution in [0.5, 0.6) is 0 Å². The van der Waals surface area contributed by atoms with Gasteiger partial charge >= 0.3 is 0 Å². The van der Waals surface area contributed by atoms with Crippen molar-refractivity contribution in [1.82, 2.24) is 0 Å². The zero-order valence-electron chi connectivity index (χ0n) is 9.38. The Labute approximate surface area is 99.7 Å². The first-order valence-corrected chi connectivity index (χ1v) is 5.12. The molecule has 0 bridgehead atoms.